The molecule has 0 unspecified atom stereocenters. The summed E-state index contributed by atoms with van der Waals surface area (Å²) < 4.78 is 0. The van der Waals surface area contributed by atoms with Gasteiger partial charge in [-0.2, -0.15) is 0 Å². The molecule has 60 valence electrons. The molecule has 1 atom stereocenters. The highest BCUT2D eigenvalue weighted by molar-refractivity contribution is 5.82. The van der Waals surface area contributed by atoms with Crippen molar-refractivity contribution >= 4 is 5.78 Å². The summed E-state index contributed by atoms with van der Waals surface area (Å²) in [6.45, 7) is 5.63. The Kier molecular flexibility index (Phi) is 4.28. The van der Waals surface area contributed by atoms with Crippen LogP contribution in [0.25, 0.3) is 0 Å². The highest BCUT2D eigenvalue weighted by Gasteiger charge is 2.16. The largest absolute Gasteiger partial charge is 0.385 e. The fraction of sp³-hybridized carbons (Fsp3) is 0.875. The zero-order valence-corrected chi connectivity index (χ0v) is 6.92. The maximum Gasteiger partial charge on any atom is 0.161 e. The highest BCUT2D eigenvalue weighted by Crippen LogP contribution is 2.05. The second-order valence-corrected chi connectivity index (χ2v) is 2.91. The Morgan fingerprint density at radius 3 is 2.30 bits per heavy atom. The van der Waals surface area contributed by atoms with Crippen molar-refractivity contribution < 1.29 is 9.90 Å². The Bertz CT molecular complexity index is 108. The van der Waals surface area contributed by atoms with E-state index in [1.165, 1.54) is 0 Å². The first-order chi connectivity index (χ1) is 4.59. The van der Waals surface area contributed by atoms with Crippen LogP contribution in [0.2, 0.25) is 0 Å². The number of rotatable bonds is 4. The summed E-state index contributed by atoms with van der Waals surface area (Å²) in [5.41, 5.74) is 0. The van der Waals surface area contributed by atoms with Crippen LogP contribution in [-0.2, 0) is 4.79 Å². The Hall–Kier alpha value is -0.370. The zero-order chi connectivity index (χ0) is 8.15. The number of hydrogen-bond donors (Lipinski definition) is 1. The van der Waals surface area contributed by atoms with Gasteiger partial charge in [0.05, 0.1) is 0 Å². The standard InChI is InChI=1S/C8H16O2/c1-4-5-7(9)8(10)6(2)3/h6,8,10H,4-5H2,1-3H3/t8-/m1/s1. The van der Waals surface area contributed by atoms with Gasteiger partial charge in [-0.05, 0) is 12.3 Å². The number of carbonyl (C=O) groups is 1. The van der Waals surface area contributed by atoms with E-state index in [9.17, 15) is 9.90 Å². The van der Waals surface area contributed by atoms with Gasteiger partial charge in [-0.1, -0.05) is 20.8 Å². The zero-order valence-electron chi connectivity index (χ0n) is 6.92. The number of hydrogen-bond acceptors (Lipinski definition) is 2. The molecule has 0 bridgehead atoms. The van der Waals surface area contributed by atoms with E-state index in [1.807, 2.05) is 20.8 Å². The maximum absolute atomic E-state index is 10.9. The lowest BCUT2D eigenvalue weighted by Gasteiger charge is -2.11. The third kappa shape index (κ3) is 2.97. The molecular weight excluding hydrogens is 128 g/mol. The van der Waals surface area contributed by atoms with E-state index in [0.717, 1.165) is 6.42 Å². The SMILES string of the molecule is CCCC(=O)[C@H](O)C(C)C. The molecule has 10 heavy (non-hydrogen) atoms. The van der Waals surface area contributed by atoms with E-state index in [-0.39, 0.29) is 11.7 Å². The smallest absolute Gasteiger partial charge is 0.161 e. The molecule has 0 spiro atoms. The van der Waals surface area contributed by atoms with Gasteiger partial charge in [0.25, 0.3) is 0 Å². The third-order valence-corrected chi connectivity index (χ3v) is 1.46. The Labute approximate surface area is 62.2 Å². The van der Waals surface area contributed by atoms with Crippen molar-refractivity contribution in [2.45, 2.75) is 39.7 Å². The van der Waals surface area contributed by atoms with Crippen molar-refractivity contribution in [2.24, 2.45) is 5.92 Å². The molecule has 2 nitrogen and oxygen atoms in total. The average Bonchev–Trinajstić information content (AvgIpc) is 1.87. The van der Waals surface area contributed by atoms with Crippen LogP contribution in [0.1, 0.15) is 33.6 Å². The predicted octanol–water partition coefficient (Wildman–Crippen LogP) is 1.37. The first-order valence-corrected chi connectivity index (χ1v) is 3.80. The molecule has 0 aromatic carbocycles. The lowest BCUT2D eigenvalue weighted by Crippen LogP contribution is -2.25. The Morgan fingerprint density at radius 2 is 2.00 bits per heavy atom. The Balaban J connectivity index is 3.71. The fourth-order valence-electron chi connectivity index (χ4n) is 0.766. The van der Waals surface area contributed by atoms with Gasteiger partial charge in [0, 0.05) is 6.42 Å². The third-order valence-electron chi connectivity index (χ3n) is 1.46. The molecule has 1 N–H and O–H groups in total. The summed E-state index contributed by atoms with van der Waals surface area (Å²) in [5.74, 6) is 0.0246. The van der Waals surface area contributed by atoms with Gasteiger partial charge in [0.2, 0.25) is 0 Å². The molecule has 0 amide bonds. The number of carbonyl (C=O) groups excluding carboxylic acids is 1. The average molecular weight is 144 g/mol. The monoisotopic (exact) mass is 144 g/mol. The minimum absolute atomic E-state index is 0.0301. The van der Waals surface area contributed by atoms with Crippen LogP contribution in [-0.4, -0.2) is 17.0 Å². The first-order valence-electron chi connectivity index (χ1n) is 3.80. The van der Waals surface area contributed by atoms with Crippen molar-refractivity contribution in [2.75, 3.05) is 0 Å². The molecule has 2 heteroatoms. The molecule has 0 radical (unpaired) electrons. The van der Waals surface area contributed by atoms with Crippen molar-refractivity contribution in [1.82, 2.24) is 0 Å². The molecule has 0 saturated heterocycles. The lowest BCUT2D eigenvalue weighted by molar-refractivity contribution is -0.129. The highest BCUT2D eigenvalue weighted by atomic mass is 16.3. The molecular formula is C8H16O2. The molecule has 0 aliphatic rings. The quantitative estimate of drug-likeness (QED) is 0.647. The van der Waals surface area contributed by atoms with Gasteiger partial charge in [-0.25, -0.2) is 0 Å². The number of aliphatic hydroxyl groups excluding tert-OH is 1. The summed E-state index contributed by atoms with van der Waals surface area (Å²) in [4.78, 5) is 10.9. The van der Waals surface area contributed by atoms with Crippen molar-refractivity contribution in [3.05, 3.63) is 0 Å². The normalized spacial score (nSPS) is 13.7. The minimum atomic E-state index is -0.750. The second-order valence-electron chi connectivity index (χ2n) is 2.91. The van der Waals surface area contributed by atoms with E-state index in [2.05, 4.69) is 0 Å². The van der Waals surface area contributed by atoms with Crippen LogP contribution < -0.4 is 0 Å². The van der Waals surface area contributed by atoms with Gasteiger partial charge in [0.15, 0.2) is 5.78 Å². The summed E-state index contributed by atoms with van der Waals surface area (Å²) in [6, 6.07) is 0. The number of ketones is 1. The summed E-state index contributed by atoms with van der Waals surface area (Å²) in [5, 5.41) is 9.18. The van der Waals surface area contributed by atoms with Crippen LogP contribution in [0.5, 0.6) is 0 Å². The van der Waals surface area contributed by atoms with Gasteiger partial charge in [0.1, 0.15) is 6.10 Å². The predicted molar refractivity (Wildman–Crippen MR) is 40.8 cm³/mol. The molecule has 0 aromatic rings. The minimum Gasteiger partial charge on any atom is -0.385 e. The van der Waals surface area contributed by atoms with E-state index >= 15 is 0 Å². The maximum atomic E-state index is 10.9. The van der Waals surface area contributed by atoms with Crippen LogP contribution in [0.4, 0.5) is 0 Å². The van der Waals surface area contributed by atoms with Gasteiger partial charge in [-0.15, -0.1) is 0 Å². The summed E-state index contributed by atoms with van der Waals surface area (Å²) in [6.07, 6.45) is 0.571. The van der Waals surface area contributed by atoms with Gasteiger partial charge < -0.3 is 5.11 Å². The summed E-state index contributed by atoms with van der Waals surface area (Å²) >= 11 is 0. The van der Waals surface area contributed by atoms with Gasteiger partial charge in [-0.3, -0.25) is 4.79 Å². The topological polar surface area (TPSA) is 37.3 Å². The Morgan fingerprint density at radius 1 is 1.50 bits per heavy atom. The van der Waals surface area contributed by atoms with E-state index in [1.54, 1.807) is 0 Å². The molecule has 0 saturated carbocycles. The second kappa shape index (κ2) is 4.45. The van der Waals surface area contributed by atoms with Crippen LogP contribution in [0, 0.1) is 5.92 Å². The molecule has 0 rings (SSSR count). The van der Waals surface area contributed by atoms with Gasteiger partial charge >= 0.3 is 0 Å². The van der Waals surface area contributed by atoms with E-state index in [0.29, 0.717) is 6.42 Å². The number of Topliss-reactive ketones (excluding diaryl/α,β-unsaturated/α-hetero) is 1. The first kappa shape index (κ1) is 9.63. The van der Waals surface area contributed by atoms with Crippen molar-refractivity contribution in [3.8, 4) is 0 Å². The van der Waals surface area contributed by atoms with Crippen LogP contribution in [0.3, 0.4) is 0 Å². The van der Waals surface area contributed by atoms with Crippen LogP contribution in [0.15, 0.2) is 0 Å². The van der Waals surface area contributed by atoms with Crippen LogP contribution >= 0.6 is 0 Å². The molecule has 0 aliphatic carbocycles. The lowest BCUT2D eigenvalue weighted by atomic mass is 10.0. The summed E-state index contributed by atoms with van der Waals surface area (Å²) in [7, 11) is 0. The fourth-order valence-corrected chi connectivity index (χ4v) is 0.766. The van der Waals surface area contributed by atoms with E-state index < -0.39 is 6.10 Å². The number of aliphatic hydroxyl groups is 1. The molecule has 0 fully saturated rings. The molecule has 0 aliphatic heterocycles. The van der Waals surface area contributed by atoms with Crippen molar-refractivity contribution in [1.29, 1.82) is 0 Å². The van der Waals surface area contributed by atoms with E-state index in [4.69, 9.17) is 0 Å². The van der Waals surface area contributed by atoms with Crippen molar-refractivity contribution in [3.63, 3.8) is 0 Å². The molecule has 0 aromatic heterocycles. The molecule has 0 heterocycles.